The first kappa shape index (κ1) is 14.0. The maximum atomic E-state index is 11.8. The Balaban J connectivity index is 2.24. The largest absolute Gasteiger partial charge is 0.481 e. The lowest BCUT2D eigenvalue weighted by Gasteiger charge is -2.17. The minimum absolute atomic E-state index is 0.0596. The summed E-state index contributed by atoms with van der Waals surface area (Å²) in [6, 6.07) is 0.0596. The summed E-state index contributed by atoms with van der Waals surface area (Å²) in [5.41, 5.74) is 5.61. The fourth-order valence-corrected chi connectivity index (χ4v) is 2.13. The van der Waals surface area contributed by atoms with Gasteiger partial charge in [-0.25, -0.2) is 0 Å². The zero-order valence-corrected chi connectivity index (χ0v) is 10.4. The molecule has 1 fully saturated rings. The maximum Gasteiger partial charge on any atom is 0.303 e. The normalized spacial score (nSPS) is 21.5. The van der Waals surface area contributed by atoms with Gasteiger partial charge in [0.1, 0.15) is 0 Å². The van der Waals surface area contributed by atoms with Crippen LogP contribution in [0.25, 0.3) is 0 Å². The Morgan fingerprint density at radius 2 is 2.18 bits per heavy atom. The average molecular weight is 242 g/mol. The third-order valence-corrected chi connectivity index (χ3v) is 3.22. The van der Waals surface area contributed by atoms with Crippen LogP contribution in [0.5, 0.6) is 0 Å². The van der Waals surface area contributed by atoms with E-state index in [-0.39, 0.29) is 18.4 Å². The second-order valence-corrected chi connectivity index (χ2v) is 4.94. The fourth-order valence-electron chi connectivity index (χ4n) is 2.13. The van der Waals surface area contributed by atoms with Crippen LogP contribution < -0.4 is 5.73 Å². The monoisotopic (exact) mass is 242 g/mol. The van der Waals surface area contributed by atoms with Crippen molar-refractivity contribution < 1.29 is 14.7 Å². The summed E-state index contributed by atoms with van der Waals surface area (Å²) in [7, 11) is 0. The molecule has 0 saturated carbocycles. The highest BCUT2D eigenvalue weighted by molar-refractivity contribution is 5.76. The van der Waals surface area contributed by atoms with Crippen molar-refractivity contribution in [3.8, 4) is 0 Å². The van der Waals surface area contributed by atoms with Gasteiger partial charge in [-0.2, -0.15) is 0 Å². The van der Waals surface area contributed by atoms with Crippen molar-refractivity contribution in [2.75, 3.05) is 13.1 Å². The number of carboxylic acid groups (broad SMARTS) is 1. The number of aliphatic carboxylic acids is 1. The van der Waals surface area contributed by atoms with Crippen LogP contribution in [0.15, 0.2) is 0 Å². The van der Waals surface area contributed by atoms with Crippen molar-refractivity contribution in [2.24, 2.45) is 11.7 Å². The maximum absolute atomic E-state index is 11.8. The Morgan fingerprint density at radius 1 is 1.47 bits per heavy atom. The van der Waals surface area contributed by atoms with E-state index in [2.05, 4.69) is 0 Å². The smallest absolute Gasteiger partial charge is 0.303 e. The number of likely N-dealkylation sites (tertiary alicyclic amines) is 1. The standard InChI is InChI=1S/C12H22N2O3/c1-9(13)2-4-11(15)14-7-6-10(8-14)3-5-12(16)17/h9-10H,2-8,13H2,1H3,(H,16,17). The Hall–Kier alpha value is -1.10. The van der Waals surface area contributed by atoms with Crippen LogP contribution in [0.1, 0.15) is 39.0 Å². The molecule has 17 heavy (non-hydrogen) atoms. The topological polar surface area (TPSA) is 83.6 Å². The third kappa shape index (κ3) is 5.17. The molecule has 2 unspecified atom stereocenters. The molecule has 2 atom stereocenters. The molecule has 0 bridgehead atoms. The Morgan fingerprint density at radius 3 is 2.76 bits per heavy atom. The molecule has 0 aromatic rings. The van der Waals surface area contributed by atoms with Gasteiger partial charge in [-0.3, -0.25) is 9.59 Å². The Bertz CT molecular complexity index is 279. The first-order chi connectivity index (χ1) is 7.99. The van der Waals surface area contributed by atoms with E-state index in [1.807, 2.05) is 11.8 Å². The molecule has 1 aliphatic rings. The van der Waals surface area contributed by atoms with Crippen LogP contribution in [0, 0.1) is 5.92 Å². The van der Waals surface area contributed by atoms with Crippen molar-refractivity contribution >= 4 is 11.9 Å². The summed E-state index contributed by atoms with van der Waals surface area (Å²) in [6.45, 7) is 3.38. The predicted octanol–water partition coefficient (Wildman–Crippen LogP) is 0.827. The zero-order valence-electron chi connectivity index (χ0n) is 10.4. The molecule has 0 aromatic carbocycles. The number of rotatable bonds is 6. The van der Waals surface area contributed by atoms with Crippen LogP contribution in [0.4, 0.5) is 0 Å². The van der Waals surface area contributed by atoms with Crippen LogP contribution in [-0.4, -0.2) is 41.0 Å². The van der Waals surface area contributed by atoms with Crippen LogP contribution in [0.2, 0.25) is 0 Å². The van der Waals surface area contributed by atoms with Gasteiger partial charge in [0.25, 0.3) is 0 Å². The van der Waals surface area contributed by atoms with Crippen molar-refractivity contribution in [2.45, 2.75) is 45.1 Å². The number of hydrogen-bond donors (Lipinski definition) is 2. The van der Waals surface area contributed by atoms with E-state index in [1.54, 1.807) is 0 Å². The van der Waals surface area contributed by atoms with Crippen molar-refractivity contribution in [1.29, 1.82) is 0 Å². The van der Waals surface area contributed by atoms with Crippen LogP contribution >= 0.6 is 0 Å². The number of amides is 1. The van der Waals surface area contributed by atoms with Crippen LogP contribution in [-0.2, 0) is 9.59 Å². The van der Waals surface area contributed by atoms with E-state index in [0.717, 1.165) is 19.4 Å². The second-order valence-electron chi connectivity index (χ2n) is 4.94. The lowest BCUT2D eigenvalue weighted by molar-refractivity contribution is -0.137. The first-order valence-corrected chi connectivity index (χ1v) is 6.24. The zero-order chi connectivity index (χ0) is 12.8. The third-order valence-electron chi connectivity index (χ3n) is 3.22. The van der Waals surface area contributed by atoms with Gasteiger partial charge >= 0.3 is 5.97 Å². The van der Waals surface area contributed by atoms with Gasteiger partial charge < -0.3 is 15.7 Å². The van der Waals surface area contributed by atoms with E-state index in [0.29, 0.717) is 25.3 Å². The summed E-state index contributed by atoms with van der Waals surface area (Å²) in [4.78, 5) is 24.1. The van der Waals surface area contributed by atoms with E-state index < -0.39 is 5.97 Å². The molecule has 5 heteroatoms. The average Bonchev–Trinajstić information content (AvgIpc) is 2.71. The molecule has 1 aliphatic heterocycles. The van der Waals surface area contributed by atoms with E-state index in [4.69, 9.17) is 10.8 Å². The molecule has 1 heterocycles. The number of carboxylic acids is 1. The van der Waals surface area contributed by atoms with Gasteiger partial charge in [-0.15, -0.1) is 0 Å². The predicted molar refractivity (Wildman–Crippen MR) is 64.4 cm³/mol. The van der Waals surface area contributed by atoms with Crippen molar-refractivity contribution in [1.82, 2.24) is 4.90 Å². The SMILES string of the molecule is CC(N)CCC(=O)N1CCC(CCC(=O)O)C1. The summed E-state index contributed by atoms with van der Waals surface area (Å²) in [5.74, 6) is -0.253. The highest BCUT2D eigenvalue weighted by Gasteiger charge is 2.26. The number of nitrogens with zero attached hydrogens (tertiary/aromatic N) is 1. The summed E-state index contributed by atoms with van der Waals surface area (Å²) < 4.78 is 0. The van der Waals surface area contributed by atoms with Crippen LogP contribution in [0.3, 0.4) is 0 Å². The summed E-state index contributed by atoms with van der Waals surface area (Å²) in [5, 5.41) is 8.60. The highest BCUT2D eigenvalue weighted by Crippen LogP contribution is 2.21. The lowest BCUT2D eigenvalue weighted by atomic mass is 10.0. The second kappa shape index (κ2) is 6.59. The van der Waals surface area contributed by atoms with Gasteiger partial charge in [0.15, 0.2) is 0 Å². The Kier molecular flexibility index (Phi) is 5.41. The van der Waals surface area contributed by atoms with Crippen molar-refractivity contribution in [3.63, 3.8) is 0 Å². The minimum atomic E-state index is -0.758. The molecule has 0 spiro atoms. The summed E-state index contributed by atoms with van der Waals surface area (Å²) in [6.07, 6.45) is 3.02. The molecule has 3 N–H and O–H groups in total. The lowest BCUT2D eigenvalue weighted by Crippen LogP contribution is -2.30. The minimum Gasteiger partial charge on any atom is -0.481 e. The van der Waals surface area contributed by atoms with E-state index >= 15 is 0 Å². The quantitative estimate of drug-likeness (QED) is 0.722. The van der Waals surface area contributed by atoms with Gasteiger partial charge in [0.05, 0.1) is 0 Å². The number of carbonyl (C=O) groups is 2. The van der Waals surface area contributed by atoms with Gasteiger partial charge in [-0.05, 0) is 32.1 Å². The molecule has 0 aromatic heterocycles. The number of carbonyl (C=O) groups excluding carboxylic acids is 1. The van der Waals surface area contributed by atoms with Gasteiger partial charge in [0, 0.05) is 32.0 Å². The highest BCUT2D eigenvalue weighted by atomic mass is 16.4. The van der Waals surface area contributed by atoms with Gasteiger partial charge in [-0.1, -0.05) is 0 Å². The fraction of sp³-hybridized carbons (Fsp3) is 0.833. The molecular formula is C12H22N2O3. The first-order valence-electron chi connectivity index (χ1n) is 6.24. The molecule has 1 amide bonds. The van der Waals surface area contributed by atoms with E-state index in [1.165, 1.54) is 0 Å². The van der Waals surface area contributed by atoms with Crippen molar-refractivity contribution in [3.05, 3.63) is 0 Å². The molecule has 0 aliphatic carbocycles. The van der Waals surface area contributed by atoms with Gasteiger partial charge in [0.2, 0.25) is 5.91 Å². The molecule has 5 nitrogen and oxygen atoms in total. The Labute approximate surface area is 102 Å². The number of nitrogens with two attached hydrogens (primary N) is 1. The molecule has 0 radical (unpaired) electrons. The molecule has 1 saturated heterocycles. The molecule has 1 rings (SSSR count). The van der Waals surface area contributed by atoms with E-state index in [9.17, 15) is 9.59 Å². The number of hydrogen-bond acceptors (Lipinski definition) is 3. The molecular weight excluding hydrogens is 220 g/mol. The molecule has 98 valence electrons. The summed E-state index contributed by atoms with van der Waals surface area (Å²) >= 11 is 0.